The van der Waals surface area contributed by atoms with Crippen LogP contribution in [0.5, 0.6) is 17.2 Å². The Morgan fingerprint density at radius 1 is 0.976 bits per heavy atom. The van der Waals surface area contributed by atoms with E-state index in [4.69, 9.17) is 19.9 Å². The lowest BCUT2D eigenvalue weighted by Crippen LogP contribution is -2.51. The minimum Gasteiger partial charge on any atom is -0.505 e. The van der Waals surface area contributed by atoms with Gasteiger partial charge in [0.25, 0.3) is 0 Å². The third-order valence-corrected chi connectivity index (χ3v) is 8.17. The molecule has 2 aliphatic heterocycles. The van der Waals surface area contributed by atoms with Gasteiger partial charge in [-0.1, -0.05) is 48.5 Å². The van der Waals surface area contributed by atoms with Crippen molar-refractivity contribution in [3.63, 3.8) is 0 Å². The maximum Gasteiger partial charge on any atom is 0.149 e. The van der Waals surface area contributed by atoms with E-state index in [1.54, 1.807) is 6.07 Å². The second-order valence-electron chi connectivity index (χ2n) is 11.0. The highest BCUT2D eigenvalue weighted by Gasteiger charge is 2.29. The first-order valence-electron chi connectivity index (χ1n) is 14.9. The molecular weight excluding hydrogens is 532 g/mol. The van der Waals surface area contributed by atoms with Crippen LogP contribution >= 0.6 is 0 Å². The fourth-order valence-electron chi connectivity index (χ4n) is 5.85. The molecule has 1 unspecified atom stereocenters. The van der Waals surface area contributed by atoms with E-state index >= 15 is 0 Å². The minimum atomic E-state index is 0.0196. The van der Waals surface area contributed by atoms with Gasteiger partial charge in [0.15, 0.2) is 0 Å². The van der Waals surface area contributed by atoms with E-state index in [1.165, 1.54) is 16.7 Å². The number of nitrogens with one attached hydrogen (secondary N) is 1. The Morgan fingerprint density at radius 2 is 1.79 bits per heavy atom. The predicted molar refractivity (Wildman–Crippen MR) is 164 cm³/mol. The highest BCUT2D eigenvalue weighted by atomic mass is 16.5. The summed E-state index contributed by atoms with van der Waals surface area (Å²) >= 11 is 0. The Morgan fingerprint density at radius 3 is 2.60 bits per heavy atom. The Labute approximate surface area is 248 Å². The Kier molecular flexibility index (Phi) is 10.6. The zero-order valence-corrected chi connectivity index (χ0v) is 24.6. The largest absolute Gasteiger partial charge is 0.505 e. The van der Waals surface area contributed by atoms with Crippen LogP contribution in [0, 0.1) is 6.92 Å². The average molecular weight is 577 g/mol. The summed E-state index contributed by atoms with van der Waals surface area (Å²) in [7, 11) is 0. The molecule has 1 saturated heterocycles. The number of piperazine rings is 1. The molecule has 226 valence electrons. The Balaban J connectivity index is 1.23. The lowest BCUT2D eigenvalue weighted by Gasteiger charge is -2.36. The van der Waals surface area contributed by atoms with Crippen molar-refractivity contribution in [2.45, 2.75) is 45.6 Å². The van der Waals surface area contributed by atoms with Crippen LogP contribution in [-0.4, -0.2) is 73.8 Å². The predicted octanol–water partition coefficient (Wildman–Crippen LogP) is 3.66. The van der Waals surface area contributed by atoms with Gasteiger partial charge in [0.05, 0.1) is 19.8 Å². The van der Waals surface area contributed by atoms with E-state index in [9.17, 15) is 10.2 Å². The number of aromatic hydroxyl groups is 2. The van der Waals surface area contributed by atoms with E-state index in [2.05, 4.69) is 33.3 Å². The molecule has 1 fully saturated rings. The fourth-order valence-corrected chi connectivity index (χ4v) is 5.85. The number of phenols is 2. The van der Waals surface area contributed by atoms with E-state index in [0.29, 0.717) is 75.7 Å². The highest BCUT2D eigenvalue weighted by molar-refractivity contribution is 5.73. The van der Waals surface area contributed by atoms with Gasteiger partial charge in [-0.25, -0.2) is 0 Å². The topological polar surface area (TPSA) is 113 Å². The molecule has 0 radical (unpaired) electrons. The molecule has 0 aromatic heterocycles. The van der Waals surface area contributed by atoms with E-state index in [0.717, 1.165) is 38.2 Å². The summed E-state index contributed by atoms with van der Waals surface area (Å²) in [5, 5.41) is 25.8. The normalized spacial score (nSPS) is 17.0. The highest BCUT2D eigenvalue weighted by Crippen LogP contribution is 2.47. The molecule has 5 N–H and O–H groups in total. The van der Waals surface area contributed by atoms with E-state index < -0.39 is 0 Å². The molecule has 0 aliphatic carbocycles. The monoisotopic (exact) mass is 576 g/mol. The summed E-state index contributed by atoms with van der Waals surface area (Å²) in [5.74, 6) is 0.556. The maximum atomic E-state index is 11.2. The Bertz CT molecular complexity index is 1310. The molecule has 1 atom stereocenters. The van der Waals surface area contributed by atoms with Gasteiger partial charge >= 0.3 is 0 Å². The smallest absolute Gasteiger partial charge is 0.149 e. The molecule has 2 heterocycles. The van der Waals surface area contributed by atoms with Gasteiger partial charge in [0.1, 0.15) is 29.5 Å². The van der Waals surface area contributed by atoms with Gasteiger partial charge in [-0.15, -0.1) is 0 Å². The molecule has 2 aliphatic rings. The zero-order chi connectivity index (χ0) is 29.3. The zero-order valence-electron chi connectivity index (χ0n) is 24.6. The molecule has 9 nitrogen and oxygen atoms in total. The number of nitrogens with two attached hydrogens (primary N) is 1. The quantitative estimate of drug-likeness (QED) is 0.214. The molecule has 0 bridgehead atoms. The van der Waals surface area contributed by atoms with Gasteiger partial charge in [0, 0.05) is 70.1 Å². The van der Waals surface area contributed by atoms with Crippen LogP contribution in [0.4, 0.5) is 5.69 Å². The number of benzene rings is 3. The summed E-state index contributed by atoms with van der Waals surface area (Å²) in [6.45, 7) is 10.1. The van der Waals surface area contributed by atoms with Gasteiger partial charge in [-0.2, -0.15) is 0 Å². The molecule has 0 amide bonds. The number of fused-ring (bicyclic) bond motifs is 1. The number of nitrogens with zero attached hydrogens (tertiary/aromatic N) is 2. The number of hydrogen-bond acceptors (Lipinski definition) is 9. The van der Waals surface area contributed by atoms with Gasteiger partial charge < -0.3 is 40.4 Å². The minimum absolute atomic E-state index is 0.0196. The first kappa shape index (κ1) is 30.1. The van der Waals surface area contributed by atoms with Crippen molar-refractivity contribution in [1.29, 1.82) is 0 Å². The second kappa shape index (κ2) is 14.7. The number of ether oxygens (including phenoxy) is 3. The molecule has 3 aromatic rings. The van der Waals surface area contributed by atoms with Crippen LogP contribution in [0.2, 0.25) is 0 Å². The summed E-state index contributed by atoms with van der Waals surface area (Å²) in [6, 6.07) is 18.3. The maximum absolute atomic E-state index is 11.2. The van der Waals surface area contributed by atoms with Crippen molar-refractivity contribution in [3.05, 3.63) is 82.4 Å². The molecule has 5 rings (SSSR count). The van der Waals surface area contributed by atoms with Crippen molar-refractivity contribution >= 4 is 5.69 Å². The second-order valence-corrected chi connectivity index (χ2v) is 11.0. The molecule has 42 heavy (non-hydrogen) atoms. The van der Waals surface area contributed by atoms with Crippen LogP contribution in [0.3, 0.4) is 0 Å². The van der Waals surface area contributed by atoms with Gasteiger partial charge in [0.2, 0.25) is 0 Å². The van der Waals surface area contributed by atoms with Crippen LogP contribution in [0.1, 0.15) is 34.2 Å². The number of phenolic OH excluding ortho intramolecular Hbond substituents is 2. The number of anilines is 1. The van der Waals surface area contributed by atoms with Crippen molar-refractivity contribution < 1.29 is 24.4 Å². The molecule has 3 aromatic carbocycles. The Hall–Kier alpha value is -3.34. The van der Waals surface area contributed by atoms with Crippen molar-refractivity contribution in [2.24, 2.45) is 5.73 Å². The van der Waals surface area contributed by atoms with Crippen LogP contribution in [-0.2, 0) is 35.7 Å². The molecule has 9 heteroatoms. The van der Waals surface area contributed by atoms with Gasteiger partial charge in [-0.05, 0) is 35.6 Å². The SMILES string of the molecule is Cc1c(OCc2ccccc2)cc(O)c(N2Cc3cccc(CN4CCNCC4CCOCCOCCN)c3C2)c1O. The lowest BCUT2D eigenvalue weighted by molar-refractivity contribution is 0.0363. The molecular formula is C33H44N4O5. The number of hydrogen-bond donors (Lipinski definition) is 4. The third-order valence-electron chi connectivity index (χ3n) is 8.17. The van der Waals surface area contributed by atoms with Crippen LogP contribution in [0.25, 0.3) is 0 Å². The van der Waals surface area contributed by atoms with E-state index in [-0.39, 0.29) is 11.5 Å². The molecule has 0 spiro atoms. The first-order chi connectivity index (χ1) is 20.5. The summed E-state index contributed by atoms with van der Waals surface area (Å²) in [4.78, 5) is 4.60. The van der Waals surface area contributed by atoms with Crippen LogP contribution in [0.15, 0.2) is 54.6 Å². The lowest BCUT2D eigenvalue weighted by atomic mass is 10.0. The summed E-state index contributed by atoms with van der Waals surface area (Å²) in [5.41, 5.74) is 11.3. The number of rotatable bonds is 14. The standard InChI is InChI=1S/C33H44N4O5/c1-24-31(42-23-25-6-3-2-4-7-25)18-30(38)32(33(24)39)37-21-27-9-5-8-26(29(27)22-37)20-36-13-12-35-19-28(36)10-14-40-16-17-41-15-11-34/h2-9,18,28,35,38-39H,10-17,19-23,34H2,1H3. The van der Waals surface area contributed by atoms with Crippen LogP contribution < -0.4 is 20.7 Å². The molecule has 0 saturated carbocycles. The fraction of sp³-hybridized carbons (Fsp3) is 0.455. The van der Waals surface area contributed by atoms with E-state index in [1.807, 2.05) is 37.3 Å². The van der Waals surface area contributed by atoms with Crippen molar-refractivity contribution in [1.82, 2.24) is 10.2 Å². The van der Waals surface area contributed by atoms with Crippen molar-refractivity contribution in [3.8, 4) is 17.2 Å². The summed E-state index contributed by atoms with van der Waals surface area (Å²) < 4.78 is 17.2. The van der Waals surface area contributed by atoms with Gasteiger partial charge in [-0.3, -0.25) is 4.90 Å². The third kappa shape index (κ3) is 7.35. The average Bonchev–Trinajstić information content (AvgIpc) is 3.44. The summed E-state index contributed by atoms with van der Waals surface area (Å²) in [6.07, 6.45) is 0.949. The first-order valence-corrected chi connectivity index (χ1v) is 14.9. The van der Waals surface area contributed by atoms with Crippen molar-refractivity contribution in [2.75, 3.05) is 57.5 Å².